The van der Waals surface area contributed by atoms with Crippen LogP contribution in [0.4, 0.5) is 0 Å². The van der Waals surface area contributed by atoms with Crippen LogP contribution in [0.5, 0.6) is 0 Å². The molecule has 0 radical (unpaired) electrons. The van der Waals surface area contributed by atoms with Crippen molar-refractivity contribution in [2.24, 2.45) is 5.73 Å². The van der Waals surface area contributed by atoms with Crippen molar-refractivity contribution < 1.29 is 9.90 Å². The van der Waals surface area contributed by atoms with Crippen molar-refractivity contribution in [1.82, 2.24) is 4.98 Å². The molecular weight excluding hydrogens is 312 g/mol. The van der Waals surface area contributed by atoms with E-state index in [0.29, 0.717) is 16.8 Å². The number of aromatic amines is 1. The first kappa shape index (κ1) is 17.1. The number of aliphatic hydroxyl groups excluding tert-OH is 1. The molecule has 23 heavy (non-hydrogen) atoms. The summed E-state index contributed by atoms with van der Waals surface area (Å²) >= 11 is 1.89. The number of pyridine rings is 1. The van der Waals surface area contributed by atoms with E-state index in [1.54, 1.807) is 30.3 Å². The minimum absolute atomic E-state index is 0.0831. The van der Waals surface area contributed by atoms with E-state index in [9.17, 15) is 14.7 Å². The fourth-order valence-electron chi connectivity index (χ4n) is 2.09. The van der Waals surface area contributed by atoms with Crippen LogP contribution in [0.2, 0.25) is 0 Å². The van der Waals surface area contributed by atoms with Crippen molar-refractivity contribution in [2.75, 3.05) is 5.75 Å². The van der Waals surface area contributed by atoms with Crippen LogP contribution < -0.4 is 11.3 Å². The van der Waals surface area contributed by atoms with Crippen LogP contribution >= 0.6 is 11.8 Å². The molecule has 4 N–H and O–H groups in total. The first-order chi connectivity index (χ1) is 11.1. The Hall–Kier alpha value is -2.31. The summed E-state index contributed by atoms with van der Waals surface area (Å²) in [5.74, 6) is 0.540. The zero-order valence-electron chi connectivity index (χ0n) is 12.5. The molecule has 1 aromatic heterocycles. The monoisotopic (exact) mass is 330 g/mol. The third-order valence-electron chi connectivity index (χ3n) is 3.25. The highest BCUT2D eigenvalue weighted by Gasteiger charge is 2.09. The fraction of sp³-hybridized carbons (Fsp3) is 0.176. The van der Waals surface area contributed by atoms with Gasteiger partial charge in [-0.2, -0.15) is 0 Å². The number of H-pyrrole nitrogens is 1. The van der Waals surface area contributed by atoms with Gasteiger partial charge in [-0.15, -0.1) is 11.8 Å². The van der Waals surface area contributed by atoms with Gasteiger partial charge in [0.2, 0.25) is 0 Å². The molecule has 2 heterocycles. The molecular formula is C17H18N2O3S. The Morgan fingerprint density at radius 1 is 1.26 bits per heavy atom. The van der Waals surface area contributed by atoms with Gasteiger partial charge in [-0.3, -0.25) is 9.59 Å². The number of nitrogens with two attached hydrogens (primary N) is 1. The largest absolute Gasteiger partial charge is 0.392 e. The van der Waals surface area contributed by atoms with Gasteiger partial charge in [0, 0.05) is 17.0 Å². The standard InChI is InChI=1S/C13H12N2O3.C4H6S/c14-12(17)10-5-6-11(15-13(10)18)9-4-2-1-3-8(9)7-16;1-2-4-5-3-1/h1-6,16H,7H2,(H2,14,17)(H,15,18);1,3H,2,4H2. The molecule has 120 valence electrons. The average Bonchev–Trinajstić information content (AvgIpc) is 3.14. The molecule has 5 nitrogen and oxygen atoms in total. The van der Waals surface area contributed by atoms with Gasteiger partial charge in [0.05, 0.1) is 6.61 Å². The quantitative estimate of drug-likeness (QED) is 0.804. The number of nitrogens with one attached hydrogen (secondary N) is 1. The highest BCUT2D eigenvalue weighted by molar-refractivity contribution is 8.02. The van der Waals surface area contributed by atoms with Crippen molar-refractivity contribution in [3.8, 4) is 11.3 Å². The topological polar surface area (TPSA) is 96.2 Å². The Kier molecular flexibility index (Phi) is 6.19. The number of aliphatic hydroxyl groups is 1. The van der Waals surface area contributed by atoms with Crippen LogP contribution in [0.3, 0.4) is 0 Å². The average molecular weight is 330 g/mol. The summed E-state index contributed by atoms with van der Waals surface area (Å²) in [5.41, 5.74) is 6.39. The Bertz CT molecular complexity index is 762. The number of amides is 1. The van der Waals surface area contributed by atoms with E-state index >= 15 is 0 Å². The number of rotatable bonds is 3. The van der Waals surface area contributed by atoms with Crippen LogP contribution in [-0.2, 0) is 6.61 Å². The SMILES string of the molecule is C1=CSCC1.NC(=O)c1ccc(-c2ccccc2CO)[nH]c1=O. The Labute approximate surface area is 138 Å². The minimum atomic E-state index is -0.766. The number of carbonyl (C=O) groups is 1. The second-order valence-corrected chi connectivity index (χ2v) is 5.84. The second kappa shape index (κ2) is 8.36. The van der Waals surface area contributed by atoms with Crippen molar-refractivity contribution in [2.45, 2.75) is 13.0 Å². The van der Waals surface area contributed by atoms with Crippen LogP contribution in [0.25, 0.3) is 11.3 Å². The van der Waals surface area contributed by atoms with Crippen molar-refractivity contribution in [3.63, 3.8) is 0 Å². The Balaban J connectivity index is 0.000000326. The van der Waals surface area contributed by atoms with E-state index in [4.69, 9.17) is 5.73 Å². The molecule has 2 aromatic rings. The van der Waals surface area contributed by atoms with Gasteiger partial charge in [0.25, 0.3) is 11.5 Å². The number of thioether (sulfide) groups is 1. The number of carbonyl (C=O) groups excluding carboxylic acids is 1. The van der Waals surface area contributed by atoms with Gasteiger partial charge in [0.1, 0.15) is 5.56 Å². The zero-order valence-corrected chi connectivity index (χ0v) is 13.3. The fourth-order valence-corrected chi connectivity index (χ4v) is 2.77. The maximum atomic E-state index is 11.6. The summed E-state index contributed by atoms with van der Waals surface area (Å²) in [5, 5.41) is 11.4. The molecule has 1 amide bonds. The highest BCUT2D eigenvalue weighted by Crippen LogP contribution is 2.20. The normalized spacial score (nSPS) is 12.6. The zero-order chi connectivity index (χ0) is 16.7. The summed E-state index contributed by atoms with van der Waals surface area (Å²) in [7, 11) is 0. The summed E-state index contributed by atoms with van der Waals surface area (Å²) in [6.07, 6.45) is 3.48. The number of primary amides is 1. The first-order valence-corrected chi connectivity index (χ1v) is 8.17. The van der Waals surface area contributed by atoms with Crippen molar-refractivity contribution in [3.05, 3.63) is 69.4 Å². The summed E-state index contributed by atoms with van der Waals surface area (Å²) < 4.78 is 0. The lowest BCUT2D eigenvalue weighted by Crippen LogP contribution is -2.23. The Morgan fingerprint density at radius 2 is 2.04 bits per heavy atom. The van der Waals surface area contributed by atoms with E-state index < -0.39 is 11.5 Å². The van der Waals surface area contributed by atoms with Crippen LogP contribution in [0, 0.1) is 0 Å². The first-order valence-electron chi connectivity index (χ1n) is 7.12. The lowest BCUT2D eigenvalue weighted by atomic mass is 10.0. The molecule has 0 spiro atoms. The third kappa shape index (κ3) is 4.58. The maximum absolute atomic E-state index is 11.6. The number of hydrogen-bond donors (Lipinski definition) is 3. The van der Waals surface area contributed by atoms with Gasteiger partial charge >= 0.3 is 0 Å². The van der Waals surface area contributed by atoms with Crippen LogP contribution in [0.1, 0.15) is 22.3 Å². The van der Waals surface area contributed by atoms with E-state index in [1.807, 2.05) is 11.8 Å². The van der Waals surface area contributed by atoms with Gasteiger partial charge in [0.15, 0.2) is 0 Å². The van der Waals surface area contributed by atoms with Crippen LogP contribution in [0.15, 0.2) is 52.7 Å². The molecule has 0 fully saturated rings. The minimum Gasteiger partial charge on any atom is -0.392 e. The van der Waals surface area contributed by atoms with E-state index in [0.717, 1.165) is 0 Å². The molecule has 0 aliphatic carbocycles. The van der Waals surface area contributed by atoms with E-state index in [1.165, 1.54) is 18.2 Å². The molecule has 0 saturated carbocycles. The predicted molar refractivity (Wildman–Crippen MR) is 93.2 cm³/mol. The predicted octanol–water partition coefficient (Wildman–Crippen LogP) is 2.27. The van der Waals surface area contributed by atoms with Crippen molar-refractivity contribution >= 4 is 17.7 Å². The summed E-state index contributed by atoms with van der Waals surface area (Å²) in [4.78, 5) is 25.2. The third-order valence-corrected chi connectivity index (χ3v) is 4.10. The van der Waals surface area contributed by atoms with Gasteiger partial charge in [-0.25, -0.2) is 0 Å². The molecule has 0 saturated heterocycles. The summed E-state index contributed by atoms with van der Waals surface area (Å²) in [6, 6.07) is 10.1. The molecule has 1 aromatic carbocycles. The molecule has 3 rings (SSSR count). The maximum Gasteiger partial charge on any atom is 0.261 e. The van der Waals surface area contributed by atoms with Gasteiger partial charge in [-0.1, -0.05) is 30.3 Å². The van der Waals surface area contributed by atoms with Gasteiger partial charge < -0.3 is 15.8 Å². The number of hydrogen-bond acceptors (Lipinski definition) is 4. The van der Waals surface area contributed by atoms with Crippen LogP contribution in [-0.4, -0.2) is 21.8 Å². The molecule has 0 bridgehead atoms. The molecule has 1 aliphatic rings. The van der Waals surface area contributed by atoms with Crippen molar-refractivity contribution in [1.29, 1.82) is 0 Å². The van der Waals surface area contributed by atoms with E-state index in [-0.39, 0.29) is 12.2 Å². The second-order valence-electron chi connectivity index (χ2n) is 4.83. The number of allylic oxidation sites excluding steroid dienone is 1. The van der Waals surface area contributed by atoms with Gasteiger partial charge in [-0.05, 0) is 29.5 Å². The molecule has 1 aliphatic heterocycles. The smallest absolute Gasteiger partial charge is 0.261 e. The molecule has 0 unspecified atom stereocenters. The molecule has 6 heteroatoms. The lowest BCUT2D eigenvalue weighted by Gasteiger charge is -2.07. The summed E-state index contributed by atoms with van der Waals surface area (Å²) in [6.45, 7) is -0.129. The Morgan fingerprint density at radius 3 is 2.57 bits per heavy atom. The lowest BCUT2D eigenvalue weighted by molar-refractivity contribution is 0.0999. The highest BCUT2D eigenvalue weighted by atomic mass is 32.2. The number of benzene rings is 1. The number of aromatic nitrogens is 1. The van der Waals surface area contributed by atoms with E-state index in [2.05, 4.69) is 16.5 Å². The molecule has 0 atom stereocenters.